The van der Waals surface area contributed by atoms with E-state index in [-0.39, 0.29) is 17.2 Å². The second-order valence-electron chi connectivity index (χ2n) is 3.61. The van der Waals surface area contributed by atoms with Gasteiger partial charge in [-0.15, -0.1) is 0 Å². The second-order valence-corrected chi connectivity index (χ2v) is 5.04. The van der Waals surface area contributed by atoms with Crippen molar-refractivity contribution in [3.05, 3.63) is 35.1 Å². The van der Waals surface area contributed by atoms with Gasteiger partial charge >= 0.3 is 5.97 Å². The van der Waals surface area contributed by atoms with Crippen molar-refractivity contribution in [3.8, 4) is 6.07 Å². The zero-order valence-corrected chi connectivity index (χ0v) is 10.1. The lowest BCUT2D eigenvalue weighted by Gasteiger charge is -2.09. The molecule has 3 nitrogen and oxygen atoms in total. The summed E-state index contributed by atoms with van der Waals surface area (Å²) >= 11 is 1.36. The van der Waals surface area contributed by atoms with E-state index in [0.29, 0.717) is 11.3 Å². The van der Waals surface area contributed by atoms with E-state index in [1.165, 1.54) is 17.8 Å². The van der Waals surface area contributed by atoms with Crippen molar-refractivity contribution in [2.24, 2.45) is 0 Å². The largest absolute Gasteiger partial charge is 0.481 e. The lowest BCUT2D eigenvalue weighted by Crippen LogP contribution is -2.06. The molecule has 1 unspecified atom stereocenters. The third-order valence-electron chi connectivity index (χ3n) is 2.18. The number of benzene rings is 1. The van der Waals surface area contributed by atoms with Crippen molar-refractivity contribution in [1.29, 1.82) is 5.26 Å². The predicted molar refractivity (Wildman–Crippen MR) is 64.1 cm³/mol. The van der Waals surface area contributed by atoms with E-state index in [1.807, 2.05) is 0 Å². The van der Waals surface area contributed by atoms with Crippen molar-refractivity contribution in [2.75, 3.05) is 0 Å². The maximum Gasteiger partial charge on any atom is 0.304 e. The van der Waals surface area contributed by atoms with E-state index in [2.05, 4.69) is 0 Å². The number of carbonyl (C=O) groups is 1. The molecule has 0 saturated heterocycles. The first kappa shape index (κ1) is 13.5. The third-order valence-corrected chi connectivity index (χ3v) is 3.40. The Morgan fingerprint density at radius 2 is 2.35 bits per heavy atom. The highest BCUT2D eigenvalue weighted by molar-refractivity contribution is 7.99. The molecule has 90 valence electrons. The number of hydrogen-bond acceptors (Lipinski definition) is 3. The second kappa shape index (κ2) is 6.26. The van der Waals surface area contributed by atoms with E-state index < -0.39 is 11.8 Å². The Bertz CT molecular complexity index is 456. The van der Waals surface area contributed by atoms with Crippen LogP contribution < -0.4 is 0 Å². The first-order valence-corrected chi connectivity index (χ1v) is 6.10. The number of nitriles is 1. The Hall–Kier alpha value is -1.54. The van der Waals surface area contributed by atoms with Crippen LogP contribution in [0.3, 0.4) is 0 Å². The van der Waals surface area contributed by atoms with Crippen molar-refractivity contribution < 1.29 is 14.3 Å². The Balaban J connectivity index is 2.64. The van der Waals surface area contributed by atoms with Gasteiger partial charge in [0.25, 0.3) is 0 Å². The number of carboxylic acid groups (broad SMARTS) is 1. The summed E-state index contributed by atoms with van der Waals surface area (Å²) in [6.07, 6.45) is 0.0459. The molecule has 0 aromatic heterocycles. The fourth-order valence-electron chi connectivity index (χ4n) is 1.31. The lowest BCUT2D eigenvalue weighted by atomic mass is 10.1. The number of rotatable bonds is 5. The van der Waals surface area contributed by atoms with Crippen LogP contribution in [0.2, 0.25) is 0 Å². The standard InChI is InChI=1S/C12H12FNO2S/c1-8(5-11(15)16)17-7-10-4-2-3-9(6-14)12(10)13/h2-4,8H,5,7H2,1H3,(H,15,16). The zero-order chi connectivity index (χ0) is 12.8. The van der Waals surface area contributed by atoms with Gasteiger partial charge in [0.2, 0.25) is 0 Å². The molecule has 0 aliphatic carbocycles. The minimum atomic E-state index is -0.865. The topological polar surface area (TPSA) is 61.1 Å². The number of halogens is 1. The monoisotopic (exact) mass is 253 g/mol. The molecule has 0 bridgehead atoms. The Kier molecular flexibility index (Phi) is 4.98. The van der Waals surface area contributed by atoms with Gasteiger partial charge < -0.3 is 5.11 Å². The van der Waals surface area contributed by atoms with Crippen LogP contribution in [-0.4, -0.2) is 16.3 Å². The summed E-state index contributed by atoms with van der Waals surface area (Å²) in [5, 5.41) is 17.2. The van der Waals surface area contributed by atoms with Crippen LogP contribution >= 0.6 is 11.8 Å². The van der Waals surface area contributed by atoms with Crippen LogP contribution in [0, 0.1) is 17.1 Å². The van der Waals surface area contributed by atoms with Gasteiger partial charge in [-0.05, 0) is 11.6 Å². The van der Waals surface area contributed by atoms with Crippen molar-refractivity contribution >= 4 is 17.7 Å². The van der Waals surface area contributed by atoms with E-state index >= 15 is 0 Å². The molecule has 1 rings (SSSR count). The van der Waals surface area contributed by atoms with Crippen LogP contribution in [0.15, 0.2) is 18.2 Å². The van der Waals surface area contributed by atoms with Crippen molar-refractivity contribution in [3.63, 3.8) is 0 Å². The Labute approximate surface area is 103 Å². The quantitative estimate of drug-likeness (QED) is 0.876. The number of carboxylic acids is 1. The SMILES string of the molecule is CC(CC(=O)O)SCc1cccc(C#N)c1F. The van der Waals surface area contributed by atoms with Gasteiger partial charge in [-0.1, -0.05) is 19.1 Å². The van der Waals surface area contributed by atoms with Crippen LogP contribution in [0.25, 0.3) is 0 Å². The first-order valence-electron chi connectivity index (χ1n) is 5.05. The summed E-state index contributed by atoms with van der Waals surface area (Å²) in [6, 6.07) is 6.43. The first-order chi connectivity index (χ1) is 8.04. The smallest absolute Gasteiger partial charge is 0.304 e. The van der Waals surface area contributed by atoms with Gasteiger partial charge in [0.1, 0.15) is 11.9 Å². The molecule has 0 saturated carbocycles. The normalized spacial score (nSPS) is 11.8. The molecule has 0 fully saturated rings. The van der Waals surface area contributed by atoms with Crippen LogP contribution in [0.1, 0.15) is 24.5 Å². The predicted octanol–water partition coefficient (Wildman–Crippen LogP) is 2.79. The van der Waals surface area contributed by atoms with Gasteiger partial charge in [-0.3, -0.25) is 4.79 Å². The molecular weight excluding hydrogens is 241 g/mol. The Morgan fingerprint density at radius 3 is 2.94 bits per heavy atom. The maximum atomic E-state index is 13.6. The molecule has 1 aromatic carbocycles. The molecule has 0 amide bonds. The molecule has 1 aromatic rings. The maximum absolute atomic E-state index is 13.6. The molecule has 0 spiro atoms. The highest BCUT2D eigenvalue weighted by Crippen LogP contribution is 2.23. The van der Waals surface area contributed by atoms with E-state index in [1.54, 1.807) is 25.1 Å². The average Bonchev–Trinajstić information content (AvgIpc) is 2.27. The van der Waals surface area contributed by atoms with Crippen molar-refractivity contribution in [2.45, 2.75) is 24.3 Å². The lowest BCUT2D eigenvalue weighted by molar-refractivity contribution is -0.136. The molecule has 5 heteroatoms. The summed E-state index contributed by atoms with van der Waals surface area (Å²) in [4.78, 5) is 10.5. The zero-order valence-electron chi connectivity index (χ0n) is 9.31. The molecule has 0 radical (unpaired) electrons. The number of aliphatic carboxylic acids is 1. The summed E-state index contributed by atoms with van der Waals surface area (Å²) in [5.74, 6) is -1.00. The fourth-order valence-corrected chi connectivity index (χ4v) is 2.26. The highest BCUT2D eigenvalue weighted by Gasteiger charge is 2.11. The van der Waals surface area contributed by atoms with Gasteiger partial charge in [-0.2, -0.15) is 17.0 Å². The molecule has 1 N–H and O–H groups in total. The van der Waals surface area contributed by atoms with E-state index in [4.69, 9.17) is 10.4 Å². The fraction of sp³-hybridized carbons (Fsp3) is 0.333. The summed E-state index contributed by atoms with van der Waals surface area (Å²) in [5.41, 5.74) is 0.459. The van der Waals surface area contributed by atoms with Gasteiger partial charge in [0, 0.05) is 11.0 Å². The number of nitrogens with zero attached hydrogens (tertiary/aromatic N) is 1. The minimum absolute atomic E-state index is 0.0222. The Morgan fingerprint density at radius 1 is 1.65 bits per heavy atom. The van der Waals surface area contributed by atoms with Gasteiger partial charge in [0.05, 0.1) is 12.0 Å². The molecule has 1 atom stereocenters. The average molecular weight is 253 g/mol. The van der Waals surface area contributed by atoms with Gasteiger partial charge in [0.15, 0.2) is 0 Å². The molecular formula is C12H12FNO2S. The van der Waals surface area contributed by atoms with Crippen LogP contribution in [0.5, 0.6) is 0 Å². The molecule has 0 aliphatic heterocycles. The summed E-state index contributed by atoms with van der Waals surface area (Å²) in [7, 11) is 0. The van der Waals surface area contributed by atoms with Crippen LogP contribution in [-0.2, 0) is 10.5 Å². The molecule has 0 heterocycles. The van der Waals surface area contributed by atoms with Crippen molar-refractivity contribution in [1.82, 2.24) is 0 Å². The van der Waals surface area contributed by atoms with E-state index in [9.17, 15) is 9.18 Å². The molecule has 17 heavy (non-hydrogen) atoms. The third kappa shape index (κ3) is 4.08. The summed E-state index contributed by atoms with van der Waals surface area (Å²) in [6.45, 7) is 1.78. The highest BCUT2D eigenvalue weighted by atomic mass is 32.2. The molecule has 0 aliphatic rings. The summed E-state index contributed by atoms with van der Waals surface area (Å²) < 4.78 is 13.6. The van der Waals surface area contributed by atoms with E-state index in [0.717, 1.165) is 0 Å². The van der Waals surface area contributed by atoms with Crippen LogP contribution in [0.4, 0.5) is 4.39 Å². The number of thioether (sulfide) groups is 1. The minimum Gasteiger partial charge on any atom is -0.481 e. The number of hydrogen-bond donors (Lipinski definition) is 1. The van der Waals surface area contributed by atoms with Gasteiger partial charge in [-0.25, -0.2) is 4.39 Å².